The topological polar surface area (TPSA) is 126 Å². The number of likely N-dealkylation sites (tertiary alicyclic amines) is 1. The van der Waals surface area contributed by atoms with Crippen LogP contribution in [-0.2, 0) is 16.1 Å². The summed E-state index contributed by atoms with van der Waals surface area (Å²) in [4.78, 5) is 37.2. The number of nitro groups is 1. The number of likely N-dealkylation sites (N-methyl/N-ethyl adjacent to an activating group) is 1. The molecule has 1 amide bonds. The van der Waals surface area contributed by atoms with Crippen LogP contribution in [0.4, 0.5) is 5.69 Å². The van der Waals surface area contributed by atoms with E-state index < -0.39 is 4.92 Å². The van der Waals surface area contributed by atoms with Crippen molar-refractivity contribution >= 4 is 29.5 Å². The molecule has 1 saturated heterocycles. The number of nitro benzene ring substituents is 1. The van der Waals surface area contributed by atoms with Gasteiger partial charge in [0.1, 0.15) is 12.9 Å². The first-order valence-electron chi connectivity index (χ1n) is 12.6. The van der Waals surface area contributed by atoms with Gasteiger partial charge in [-0.15, -0.1) is 6.42 Å². The van der Waals surface area contributed by atoms with Crippen molar-refractivity contribution < 1.29 is 24.0 Å². The van der Waals surface area contributed by atoms with Gasteiger partial charge in [0.2, 0.25) is 5.91 Å². The molecule has 1 fully saturated rings. The highest BCUT2D eigenvalue weighted by Gasteiger charge is 2.26. The van der Waals surface area contributed by atoms with E-state index in [0.717, 1.165) is 31.5 Å². The largest absolute Gasteiger partial charge is 0.493 e. The number of ether oxygens (including phenoxy) is 2. The van der Waals surface area contributed by atoms with Gasteiger partial charge in [0, 0.05) is 56.5 Å². The molecule has 206 valence electrons. The van der Waals surface area contributed by atoms with Crippen molar-refractivity contribution in [1.82, 2.24) is 9.80 Å². The van der Waals surface area contributed by atoms with Gasteiger partial charge in [0.05, 0.1) is 23.7 Å². The Balaban J connectivity index is 1.87. The molecule has 0 spiro atoms. The van der Waals surface area contributed by atoms with E-state index in [1.54, 1.807) is 24.1 Å². The maximum absolute atomic E-state index is 12.3. The minimum Gasteiger partial charge on any atom is -0.493 e. The zero-order valence-corrected chi connectivity index (χ0v) is 22.4. The van der Waals surface area contributed by atoms with Crippen LogP contribution in [0.25, 0.3) is 11.6 Å². The number of carbonyl (C=O) groups is 2. The Morgan fingerprint density at radius 2 is 1.98 bits per heavy atom. The number of allylic oxidation sites excluding steroid dienone is 2. The zero-order chi connectivity index (χ0) is 29.1. The van der Waals surface area contributed by atoms with E-state index in [4.69, 9.17) is 15.9 Å². The highest BCUT2D eigenvalue weighted by atomic mass is 16.6. The van der Waals surface area contributed by atoms with E-state index >= 15 is 0 Å². The van der Waals surface area contributed by atoms with Crippen LogP contribution in [0.1, 0.15) is 29.5 Å². The van der Waals surface area contributed by atoms with Crippen LogP contribution >= 0.6 is 0 Å². The monoisotopic (exact) mass is 542 g/mol. The maximum Gasteiger partial charge on any atom is 0.269 e. The number of piperidine rings is 1. The second-order valence-corrected chi connectivity index (χ2v) is 9.13. The third-order valence-electron chi connectivity index (χ3n) is 6.66. The number of benzene rings is 2. The molecule has 0 aliphatic carbocycles. The molecule has 0 bridgehead atoms. The maximum atomic E-state index is 12.3. The van der Waals surface area contributed by atoms with Crippen LogP contribution in [0, 0.1) is 33.8 Å². The van der Waals surface area contributed by atoms with Crippen molar-refractivity contribution in [2.75, 3.05) is 33.9 Å². The number of methoxy groups -OCH3 is 1. The number of non-ortho nitro benzene ring substituents is 1. The second kappa shape index (κ2) is 14.3. The van der Waals surface area contributed by atoms with Gasteiger partial charge in [-0.25, -0.2) is 0 Å². The molecule has 0 saturated carbocycles. The fourth-order valence-corrected chi connectivity index (χ4v) is 4.55. The average molecular weight is 543 g/mol. The molecule has 40 heavy (non-hydrogen) atoms. The van der Waals surface area contributed by atoms with Gasteiger partial charge in [-0.1, -0.05) is 5.92 Å². The van der Waals surface area contributed by atoms with E-state index in [2.05, 4.69) is 16.9 Å². The summed E-state index contributed by atoms with van der Waals surface area (Å²) in [5.41, 5.74) is 2.33. The SMILES string of the molecule is C#CCOc1c(CN2CCC(N(C)C(=O)/C=C\C=O)CC2)cc(/C=C(\C#N)c2ccc([N+](=O)[O-])cc2)cc1OC. The fraction of sp³-hybridized carbons (Fsp3) is 0.300. The first-order valence-corrected chi connectivity index (χ1v) is 12.6. The molecule has 0 atom stereocenters. The van der Waals surface area contributed by atoms with Crippen LogP contribution in [0.2, 0.25) is 0 Å². The normalized spacial score (nSPS) is 14.2. The summed E-state index contributed by atoms with van der Waals surface area (Å²) in [5, 5.41) is 20.8. The Labute approximate surface area is 233 Å². The van der Waals surface area contributed by atoms with E-state index in [9.17, 15) is 25.0 Å². The van der Waals surface area contributed by atoms with Gasteiger partial charge in [-0.2, -0.15) is 5.26 Å². The van der Waals surface area contributed by atoms with Crippen molar-refractivity contribution in [2.24, 2.45) is 0 Å². The molecule has 2 aromatic carbocycles. The van der Waals surface area contributed by atoms with Crippen LogP contribution in [0.15, 0.2) is 48.6 Å². The van der Waals surface area contributed by atoms with Crippen LogP contribution in [0.5, 0.6) is 11.5 Å². The molecule has 10 nitrogen and oxygen atoms in total. The molecule has 10 heteroatoms. The predicted molar refractivity (Wildman–Crippen MR) is 150 cm³/mol. The van der Waals surface area contributed by atoms with Gasteiger partial charge in [0.25, 0.3) is 5.69 Å². The molecule has 2 aromatic rings. The standard InChI is InChI=1S/C30H30N4O6/c1-4-16-40-30-25(21-33-13-11-26(12-14-33)32(2)29(36)6-5-15-35)18-22(19-28(30)39-3)17-24(20-31)23-7-9-27(10-8-23)34(37)38/h1,5-10,15,17-19,26H,11-14,16,21H2,2-3H3/b6-5-,24-17+. The van der Waals surface area contributed by atoms with Gasteiger partial charge < -0.3 is 14.4 Å². The number of terminal acetylenes is 1. The quantitative estimate of drug-likeness (QED) is 0.0797. The number of carbonyl (C=O) groups excluding carboxylic acids is 2. The number of amides is 1. The van der Waals surface area contributed by atoms with Crippen molar-refractivity contribution in [2.45, 2.75) is 25.4 Å². The highest BCUT2D eigenvalue weighted by molar-refractivity contribution is 5.91. The summed E-state index contributed by atoms with van der Waals surface area (Å²) in [7, 11) is 3.26. The fourth-order valence-electron chi connectivity index (χ4n) is 4.55. The summed E-state index contributed by atoms with van der Waals surface area (Å²) in [6, 6.07) is 11.7. The Kier molecular flexibility index (Phi) is 10.6. The molecule has 1 aliphatic rings. The molecular formula is C30H30N4O6. The smallest absolute Gasteiger partial charge is 0.269 e. The first-order chi connectivity index (χ1) is 19.3. The van der Waals surface area contributed by atoms with Gasteiger partial charge >= 0.3 is 0 Å². The Morgan fingerprint density at radius 3 is 2.55 bits per heavy atom. The summed E-state index contributed by atoms with van der Waals surface area (Å²) < 4.78 is 11.5. The Hall–Kier alpha value is -4.93. The number of aldehydes is 1. The van der Waals surface area contributed by atoms with Crippen molar-refractivity contribution in [3.05, 3.63) is 75.4 Å². The van der Waals surface area contributed by atoms with Gasteiger partial charge in [-0.05, 0) is 60.4 Å². The minimum absolute atomic E-state index is 0.0497. The third kappa shape index (κ3) is 7.56. The molecule has 1 aliphatic heterocycles. The number of hydrogen-bond donors (Lipinski definition) is 0. The zero-order valence-electron chi connectivity index (χ0n) is 22.4. The number of rotatable bonds is 11. The number of nitrogens with zero attached hydrogens (tertiary/aromatic N) is 4. The van der Waals surface area contributed by atoms with Crippen molar-refractivity contribution in [3.8, 4) is 29.9 Å². The predicted octanol–water partition coefficient (Wildman–Crippen LogP) is 3.86. The molecule has 0 aromatic heterocycles. The number of hydrogen-bond acceptors (Lipinski definition) is 8. The lowest BCUT2D eigenvalue weighted by atomic mass is 10.00. The minimum atomic E-state index is -0.491. The van der Waals surface area contributed by atoms with Crippen LogP contribution < -0.4 is 9.47 Å². The molecular weight excluding hydrogens is 512 g/mol. The summed E-state index contributed by atoms with van der Waals surface area (Å²) in [5.74, 6) is 3.24. The Bertz CT molecular complexity index is 1380. The lowest BCUT2D eigenvalue weighted by Gasteiger charge is -2.36. The highest BCUT2D eigenvalue weighted by Crippen LogP contribution is 2.36. The van der Waals surface area contributed by atoms with Gasteiger partial charge in [0.15, 0.2) is 11.5 Å². The van der Waals surface area contributed by atoms with Crippen LogP contribution in [-0.4, -0.2) is 66.8 Å². The molecule has 0 N–H and O–H groups in total. The van der Waals surface area contributed by atoms with Crippen LogP contribution in [0.3, 0.4) is 0 Å². The van der Waals surface area contributed by atoms with Crippen molar-refractivity contribution in [3.63, 3.8) is 0 Å². The van der Waals surface area contributed by atoms with E-state index in [0.29, 0.717) is 41.0 Å². The third-order valence-corrected chi connectivity index (χ3v) is 6.66. The second-order valence-electron chi connectivity index (χ2n) is 9.13. The first kappa shape index (κ1) is 29.6. The summed E-state index contributed by atoms with van der Waals surface area (Å²) in [6.07, 6.45) is 11.7. The Morgan fingerprint density at radius 1 is 1.27 bits per heavy atom. The summed E-state index contributed by atoms with van der Waals surface area (Å²) in [6.45, 7) is 2.02. The van der Waals surface area contributed by atoms with E-state index in [1.165, 1.54) is 43.5 Å². The van der Waals surface area contributed by atoms with E-state index in [-0.39, 0.29) is 24.2 Å². The molecule has 3 rings (SSSR count). The molecule has 0 radical (unpaired) electrons. The lowest BCUT2D eigenvalue weighted by Crippen LogP contribution is -2.44. The molecule has 1 heterocycles. The average Bonchev–Trinajstić information content (AvgIpc) is 2.97. The molecule has 0 unspecified atom stereocenters. The summed E-state index contributed by atoms with van der Waals surface area (Å²) >= 11 is 0. The number of nitriles is 1. The lowest BCUT2D eigenvalue weighted by molar-refractivity contribution is -0.384. The van der Waals surface area contributed by atoms with E-state index in [1.807, 2.05) is 6.07 Å². The van der Waals surface area contributed by atoms with Crippen molar-refractivity contribution in [1.29, 1.82) is 5.26 Å². The van der Waals surface area contributed by atoms with Gasteiger partial charge in [-0.3, -0.25) is 24.6 Å².